The second kappa shape index (κ2) is 7.19. The number of nitrogens with zero attached hydrogens (tertiary/aromatic N) is 4. The smallest absolute Gasteiger partial charge is 0.311 e. The quantitative estimate of drug-likeness (QED) is 0.482. The molecule has 22 heavy (non-hydrogen) atoms. The first-order valence-corrected chi connectivity index (χ1v) is 7.78. The number of aliphatic hydroxyl groups is 1. The van der Waals surface area contributed by atoms with Gasteiger partial charge in [0.15, 0.2) is 4.47 Å². The van der Waals surface area contributed by atoms with Crippen LogP contribution in [0.1, 0.15) is 11.8 Å². The highest BCUT2D eigenvalue weighted by Crippen LogP contribution is 2.31. The maximum absolute atomic E-state index is 11.2. The lowest BCUT2D eigenvalue weighted by Crippen LogP contribution is -2.36. The number of anilines is 1. The van der Waals surface area contributed by atoms with Crippen molar-refractivity contribution in [2.75, 3.05) is 11.5 Å². The summed E-state index contributed by atoms with van der Waals surface area (Å²) in [6.45, 7) is 1.81. The third kappa shape index (κ3) is 3.83. The Morgan fingerprint density at radius 2 is 2.23 bits per heavy atom. The van der Waals surface area contributed by atoms with Gasteiger partial charge in [-0.1, -0.05) is 23.2 Å². The van der Waals surface area contributed by atoms with Gasteiger partial charge in [-0.15, -0.1) is 11.3 Å². The Kier molecular flexibility index (Phi) is 5.52. The van der Waals surface area contributed by atoms with Gasteiger partial charge in [0.05, 0.1) is 24.1 Å². The molecule has 0 aliphatic rings. The van der Waals surface area contributed by atoms with Gasteiger partial charge in [-0.25, -0.2) is 9.97 Å². The topological polar surface area (TPSA) is 92.4 Å². The summed E-state index contributed by atoms with van der Waals surface area (Å²) in [5.41, 5.74) is -0.180. The van der Waals surface area contributed by atoms with Crippen LogP contribution < -0.4 is 4.90 Å². The van der Waals surface area contributed by atoms with Gasteiger partial charge in [-0.05, 0) is 13.0 Å². The molecule has 0 amide bonds. The number of hydrogen-bond acceptors (Lipinski definition) is 7. The monoisotopic (exact) mass is 362 g/mol. The van der Waals surface area contributed by atoms with Crippen molar-refractivity contribution in [3.8, 4) is 0 Å². The third-order valence-electron chi connectivity index (χ3n) is 2.94. The van der Waals surface area contributed by atoms with E-state index in [1.54, 1.807) is 18.0 Å². The molecular formula is C12H12Cl2N4O3S. The van der Waals surface area contributed by atoms with Gasteiger partial charge in [0.25, 0.3) is 0 Å². The zero-order valence-electron chi connectivity index (χ0n) is 11.4. The van der Waals surface area contributed by atoms with Crippen LogP contribution in [0.2, 0.25) is 9.62 Å². The Bertz CT molecular complexity index is 682. The van der Waals surface area contributed by atoms with Gasteiger partial charge in [0.2, 0.25) is 5.82 Å². The van der Waals surface area contributed by atoms with Crippen molar-refractivity contribution in [3.05, 3.63) is 42.9 Å². The summed E-state index contributed by atoms with van der Waals surface area (Å²) in [5, 5.41) is 20.8. The molecule has 0 fully saturated rings. The fourth-order valence-corrected chi connectivity index (χ4v) is 2.95. The van der Waals surface area contributed by atoms with Crippen LogP contribution in [-0.2, 0) is 6.54 Å². The first kappa shape index (κ1) is 16.9. The molecule has 0 unspecified atom stereocenters. The Morgan fingerprint density at radius 1 is 1.50 bits per heavy atom. The zero-order chi connectivity index (χ0) is 16.3. The number of thiazole rings is 1. The van der Waals surface area contributed by atoms with Gasteiger partial charge < -0.3 is 10.0 Å². The number of aliphatic hydroxyl groups excluding tert-OH is 1. The summed E-state index contributed by atoms with van der Waals surface area (Å²) < 4.78 is 0.375. The molecule has 1 atom stereocenters. The Labute approximate surface area is 140 Å². The second-order valence-corrected chi connectivity index (χ2v) is 6.56. The normalized spacial score (nSPS) is 12.2. The van der Waals surface area contributed by atoms with Crippen LogP contribution in [0.4, 0.5) is 11.5 Å². The van der Waals surface area contributed by atoms with Crippen LogP contribution >= 0.6 is 34.5 Å². The molecule has 0 saturated carbocycles. The molecule has 0 bridgehead atoms. The van der Waals surface area contributed by atoms with E-state index in [0.717, 1.165) is 4.88 Å². The maximum atomic E-state index is 11.2. The lowest BCUT2D eigenvalue weighted by Gasteiger charge is -2.28. The molecule has 10 heteroatoms. The summed E-state index contributed by atoms with van der Waals surface area (Å²) in [4.78, 5) is 21.1. The number of aromatic nitrogens is 2. The lowest BCUT2D eigenvalue weighted by molar-refractivity contribution is -0.384. The van der Waals surface area contributed by atoms with Crippen molar-refractivity contribution >= 4 is 46.0 Å². The first-order chi connectivity index (χ1) is 10.4. The minimum absolute atomic E-state index is 0.101. The Hall–Kier alpha value is -1.48. The van der Waals surface area contributed by atoms with Crippen LogP contribution in [-0.4, -0.2) is 32.6 Å². The molecule has 2 aromatic heterocycles. The summed E-state index contributed by atoms with van der Waals surface area (Å²) in [7, 11) is 0. The van der Waals surface area contributed by atoms with Gasteiger partial charge in [0.1, 0.15) is 5.15 Å². The number of rotatable bonds is 6. The van der Waals surface area contributed by atoms with Crippen molar-refractivity contribution < 1.29 is 10.0 Å². The average molecular weight is 363 g/mol. The summed E-state index contributed by atoms with van der Waals surface area (Å²) in [6, 6.07) is 2.25. The summed E-state index contributed by atoms with van der Waals surface area (Å²) in [6.07, 6.45) is 1.58. The molecule has 2 heterocycles. The highest BCUT2D eigenvalue weighted by atomic mass is 35.5. The van der Waals surface area contributed by atoms with Crippen molar-refractivity contribution in [1.82, 2.24) is 9.97 Å². The van der Waals surface area contributed by atoms with E-state index in [-0.39, 0.29) is 29.8 Å². The van der Waals surface area contributed by atoms with Crippen LogP contribution in [0, 0.1) is 10.1 Å². The van der Waals surface area contributed by atoms with Crippen LogP contribution in [0.5, 0.6) is 0 Å². The predicted molar refractivity (Wildman–Crippen MR) is 85.8 cm³/mol. The SMILES string of the molecule is C[C@@H](CO)N(Cc1cnc(Cl)s1)c1nc(Cl)ccc1[N+](=O)[O-]. The number of pyridine rings is 1. The summed E-state index contributed by atoms with van der Waals surface area (Å²) >= 11 is 12.9. The molecule has 0 saturated heterocycles. The van der Waals surface area contributed by atoms with Crippen molar-refractivity contribution in [2.45, 2.75) is 19.5 Å². The Balaban J connectivity index is 2.45. The molecule has 0 aliphatic carbocycles. The van der Waals surface area contributed by atoms with Crippen LogP contribution in [0.15, 0.2) is 18.3 Å². The molecule has 0 aliphatic heterocycles. The zero-order valence-corrected chi connectivity index (χ0v) is 13.8. The van der Waals surface area contributed by atoms with E-state index < -0.39 is 11.0 Å². The minimum atomic E-state index is -0.532. The fraction of sp³-hybridized carbons (Fsp3) is 0.333. The van der Waals surface area contributed by atoms with Crippen LogP contribution in [0.25, 0.3) is 0 Å². The average Bonchev–Trinajstić information content (AvgIpc) is 2.89. The molecule has 118 valence electrons. The predicted octanol–water partition coefficient (Wildman–Crippen LogP) is 3.14. The molecule has 2 aromatic rings. The molecule has 0 radical (unpaired) electrons. The molecule has 2 rings (SSSR count). The molecule has 1 N–H and O–H groups in total. The molecule has 0 aromatic carbocycles. The van der Waals surface area contributed by atoms with Gasteiger partial charge >= 0.3 is 5.69 Å². The van der Waals surface area contributed by atoms with E-state index in [0.29, 0.717) is 4.47 Å². The van der Waals surface area contributed by atoms with Crippen molar-refractivity contribution in [1.29, 1.82) is 0 Å². The standard InChI is InChI=1S/C12H12Cl2N4O3S/c1-7(6-19)17(5-8-4-15-12(14)22-8)11-9(18(20)21)2-3-10(13)16-11/h2-4,7,19H,5-6H2,1H3/t7-/m0/s1. The van der Waals surface area contributed by atoms with E-state index >= 15 is 0 Å². The highest BCUT2D eigenvalue weighted by Gasteiger charge is 2.26. The number of hydrogen-bond donors (Lipinski definition) is 1. The second-order valence-electron chi connectivity index (χ2n) is 4.47. The number of halogens is 2. The summed E-state index contributed by atoms with van der Waals surface area (Å²) in [5.74, 6) is 0.101. The fourth-order valence-electron chi connectivity index (χ4n) is 1.83. The van der Waals surface area contributed by atoms with Crippen molar-refractivity contribution in [2.24, 2.45) is 0 Å². The largest absolute Gasteiger partial charge is 0.394 e. The van der Waals surface area contributed by atoms with Gasteiger partial charge in [0, 0.05) is 17.1 Å². The van der Waals surface area contributed by atoms with E-state index in [4.69, 9.17) is 23.2 Å². The number of nitro groups is 1. The molecule has 0 spiro atoms. The Morgan fingerprint density at radius 3 is 2.77 bits per heavy atom. The van der Waals surface area contributed by atoms with Crippen LogP contribution in [0.3, 0.4) is 0 Å². The molecule has 7 nitrogen and oxygen atoms in total. The van der Waals surface area contributed by atoms with Crippen molar-refractivity contribution in [3.63, 3.8) is 0 Å². The highest BCUT2D eigenvalue weighted by molar-refractivity contribution is 7.15. The van der Waals surface area contributed by atoms with Gasteiger partial charge in [-0.3, -0.25) is 10.1 Å². The van der Waals surface area contributed by atoms with Gasteiger partial charge in [-0.2, -0.15) is 0 Å². The molecular weight excluding hydrogens is 351 g/mol. The van der Waals surface area contributed by atoms with E-state index in [9.17, 15) is 15.2 Å². The van der Waals surface area contributed by atoms with E-state index in [2.05, 4.69) is 9.97 Å². The van der Waals surface area contributed by atoms with E-state index in [1.807, 2.05) is 0 Å². The minimum Gasteiger partial charge on any atom is -0.394 e. The third-order valence-corrected chi connectivity index (χ3v) is 4.25. The first-order valence-electron chi connectivity index (χ1n) is 6.21. The van der Waals surface area contributed by atoms with E-state index in [1.165, 1.54) is 23.5 Å². The lowest BCUT2D eigenvalue weighted by atomic mass is 10.2. The maximum Gasteiger partial charge on any atom is 0.311 e.